The zero-order chi connectivity index (χ0) is 20.0. The Balaban J connectivity index is 2.02. The Hall–Kier alpha value is -2.61. The normalized spacial score (nSPS) is 12.3. The third kappa shape index (κ3) is 5.43. The summed E-state index contributed by atoms with van der Waals surface area (Å²) in [5, 5.41) is 2.76. The molecule has 146 valence electrons. The van der Waals surface area contributed by atoms with Crippen LogP contribution >= 0.6 is 0 Å². The summed E-state index contributed by atoms with van der Waals surface area (Å²) in [7, 11) is -0.608. The van der Waals surface area contributed by atoms with E-state index in [1.165, 1.54) is 26.4 Å². The average Bonchev–Trinajstić information content (AvgIpc) is 2.66. The maximum Gasteiger partial charge on any atom is 0.221 e. The summed E-state index contributed by atoms with van der Waals surface area (Å²) in [5.74, 6) is -0.106. The van der Waals surface area contributed by atoms with Crippen LogP contribution in [0.25, 0.3) is 0 Å². The molecule has 0 spiro atoms. The van der Waals surface area contributed by atoms with Gasteiger partial charge in [0.25, 0.3) is 0 Å². The molecule has 27 heavy (non-hydrogen) atoms. The van der Waals surface area contributed by atoms with E-state index in [1.807, 2.05) is 0 Å². The number of hydrogen-bond donors (Lipinski definition) is 1. The first-order valence-corrected chi connectivity index (χ1v) is 9.91. The van der Waals surface area contributed by atoms with Crippen molar-refractivity contribution >= 4 is 15.7 Å². The van der Waals surface area contributed by atoms with Crippen molar-refractivity contribution in [3.63, 3.8) is 0 Å². The molecule has 0 aromatic heterocycles. The third-order valence-corrected chi connectivity index (χ3v) is 5.78. The number of benzene rings is 2. The lowest BCUT2D eigenvalue weighted by molar-refractivity contribution is -0.121. The van der Waals surface area contributed by atoms with Crippen LogP contribution in [0.3, 0.4) is 0 Å². The molecule has 0 fully saturated rings. The summed E-state index contributed by atoms with van der Waals surface area (Å²) < 4.78 is 47.9. The Morgan fingerprint density at radius 3 is 2.37 bits per heavy atom. The predicted octanol–water partition coefficient (Wildman–Crippen LogP) is 2.88. The van der Waals surface area contributed by atoms with E-state index >= 15 is 0 Å². The molecule has 2 rings (SSSR count). The summed E-state index contributed by atoms with van der Waals surface area (Å²) in [5.41, 5.74) is 0.714. The van der Waals surface area contributed by atoms with E-state index in [9.17, 15) is 17.6 Å². The van der Waals surface area contributed by atoms with Gasteiger partial charge in [0.2, 0.25) is 5.91 Å². The molecule has 0 saturated heterocycles. The molecular weight excluding hydrogens is 373 g/mol. The van der Waals surface area contributed by atoms with Gasteiger partial charge in [-0.2, -0.15) is 0 Å². The summed E-state index contributed by atoms with van der Waals surface area (Å²) in [6, 6.07) is 9.34. The molecule has 0 aliphatic rings. The van der Waals surface area contributed by atoms with Crippen molar-refractivity contribution in [1.29, 1.82) is 0 Å². The zero-order valence-corrected chi connectivity index (χ0v) is 16.2. The van der Waals surface area contributed by atoms with Crippen LogP contribution in [0.1, 0.15) is 24.9 Å². The fourth-order valence-corrected chi connectivity index (χ4v) is 3.80. The highest BCUT2D eigenvalue weighted by atomic mass is 32.2. The molecule has 0 aliphatic heterocycles. The number of halogens is 1. The van der Waals surface area contributed by atoms with E-state index in [0.29, 0.717) is 17.1 Å². The van der Waals surface area contributed by atoms with Crippen molar-refractivity contribution in [2.45, 2.75) is 24.3 Å². The minimum atomic E-state index is -3.67. The minimum Gasteiger partial charge on any atom is -0.497 e. The van der Waals surface area contributed by atoms with E-state index < -0.39 is 27.6 Å². The van der Waals surface area contributed by atoms with E-state index in [-0.39, 0.29) is 17.1 Å². The Kier molecular flexibility index (Phi) is 6.79. The summed E-state index contributed by atoms with van der Waals surface area (Å²) in [6.07, 6.45) is -0.212. The second kappa shape index (κ2) is 8.85. The number of hydrogen-bond acceptors (Lipinski definition) is 5. The van der Waals surface area contributed by atoms with Crippen LogP contribution in [0, 0.1) is 5.82 Å². The number of sulfone groups is 1. The smallest absolute Gasteiger partial charge is 0.221 e. The van der Waals surface area contributed by atoms with E-state index in [0.717, 1.165) is 12.1 Å². The number of amides is 1. The molecule has 2 aromatic carbocycles. The van der Waals surface area contributed by atoms with Gasteiger partial charge in [-0.3, -0.25) is 4.79 Å². The van der Waals surface area contributed by atoms with Gasteiger partial charge in [0, 0.05) is 12.0 Å². The van der Waals surface area contributed by atoms with Gasteiger partial charge in [-0.05, 0) is 49.4 Å². The molecule has 0 heterocycles. The van der Waals surface area contributed by atoms with Crippen molar-refractivity contribution in [3.8, 4) is 11.5 Å². The van der Waals surface area contributed by atoms with Crippen molar-refractivity contribution in [2.24, 2.45) is 0 Å². The average molecular weight is 395 g/mol. The minimum absolute atomic E-state index is 0.0146. The number of nitrogens with one attached hydrogen (secondary N) is 1. The molecular formula is C19H22FNO5S. The Labute approximate surface area is 158 Å². The van der Waals surface area contributed by atoms with Crippen molar-refractivity contribution in [2.75, 3.05) is 20.0 Å². The van der Waals surface area contributed by atoms with Gasteiger partial charge in [0.05, 0.1) is 30.9 Å². The Bertz CT molecular complexity index is 897. The predicted molar refractivity (Wildman–Crippen MR) is 99.2 cm³/mol. The van der Waals surface area contributed by atoms with Crippen molar-refractivity contribution in [1.82, 2.24) is 5.32 Å². The molecule has 0 unspecified atom stereocenters. The van der Waals surface area contributed by atoms with Crippen LogP contribution in [0.4, 0.5) is 4.39 Å². The quantitative estimate of drug-likeness (QED) is 0.695. The first kappa shape index (κ1) is 20.7. The summed E-state index contributed by atoms with van der Waals surface area (Å²) >= 11 is 0. The molecule has 8 heteroatoms. The van der Waals surface area contributed by atoms with Crippen LogP contribution < -0.4 is 14.8 Å². The molecule has 1 N–H and O–H groups in total. The number of rotatable bonds is 8. The highest BCUT2D eigenvalue weighted by Crippen LogP contribution is 2.29. The molecule has 0 bridgehead atoms. The standard InChI is InChI=1S/C19H22FNO5S/c1-13(17-12-15(25-2)6-9-18(17)26-3)21-19(22)10-11-27(23,24)16-7-4-14(20)5-8-16/h4-9,12-13H,10-11H2,1-3H3,(H,21,22)/t13-/m1/s1. The number of methoxy groups -OCH3 is 2. The number of carbonyl (C=O) groups excluding carboxylic acids is 1. The van der Waals surface area contributed by atoms with E-state index in [2.05, 4.69) is 5.32 Å². The van der Waals surface area contributed by atoms with Gasteiger partial charge >= 0.3 is 0 Å². The van der Waals surface area contributed by atoms with Gasteiger partial charge in [-0.1, -0.05) is 0 Å². The van der Waals surface area contributed by atoms with Gasteiger partial charge in [0.1, 0.15) is 17.3 Å². The molecule has 0 saturated carbocycles. The van der Waals surface area contributed by atoms with Gasteiger partial charge in [-0.15, -0.1) is 0 Å². The second-order valence-electron chi connectivity index (χ2n) is 5.92. The van der Waals surface area contributed by atoms with Gasteiger partial charge in [0.15, 0.2) is 9.84 Å². The van der Waals surface area contributed by atoms with Gasteiger partial charge < -0.3 is 14.8 Å². The second-order valence-corrected chi connectivity index (χ2v) is 8.03. The SMILES string of the molecule is COc1ccc(OC)c([C@@H](C)NC(=O)CCS(=O)(=O)c2ccc(F)cc2)c1. The number of carbonyl (C=O) groups is 1. The first-order valence-electron chi connectivity index (χ1n) is 8.26. The van der Waals surface area contributed by atoms with Crippen LogP contribution in [-0.2, 0) is 14.6 Å². The highest BCUT2D eigenvalue weighted by Gasteiger charge is 2.19. The monoisotopic (exact) mass is 395 g/mol. The number of ether oxygens (including phenoxy) is 2. The zero-order valence-electron chi connectivity index (χ0n) is 15.4. The largest absolute Gasteiger partial charge is 0.497 e. The fourth-order valence-electron chi connectivity index (χ4n) is 2.56. The highest BCUT2D eigenvalue weighted by molar-refractivity contribution is 7.91. The molecule has 6 nitrogen and oxygen atoms in total. The first-order chi connectivity index (χ1) is 12.8. The molecule has 1 atom stereocenters. The van der Waals surface area contributed by atoms with Crippen LogP contribution in [0.15, 0.2) is 47.4 Å². The lowest BCUT2D eigenvalue weighted by Crippen LogP contribution is -2.28. The Morgan fingerprint density at radius 1 is 1.11 bits per heavy atom. The van der Waals surface area contributed by atoms with Crippen molar-refractivity contribution in [3.05, 3.63) is 53.8 Å². The fraction of sp³-hybridized carbons (Fsp3) is 0.316. The lowest BCUT2D eigenvalue weighted by atomic mass is 10.1. The lowest BCUT2D eigenvalue weighted by Gasteiger charge is -2.18. The maximum absolute atomic E-state index is 12.9. The van der Waals surface area contributed by atoms with Crippen LogP contribution in [-0.4, -0.2) is 34.3 Å². The van der Waals surface area contributed by atoms with Crippen LogP contribution in [0.5, 0.6) is 11.5 Å². The van der Waals surface area contributed by atoms with Crippen LogP contribution in [0.2, 0.25) is 0 Å². The van der Waals surface area contributed by atoms with E-state index in [4.69, 9.17) is 9.47 Å². The molecule has 0 aliphatic carbocycles. The Morgan fingerprint density at radius 2 is 1.78 bits per heavy atom. The maximum atomic E-state index is 12.9. The van der Waals surface area contributed by atoms with Crippen molar-refractivity contribution < 1.29 is 27.1 Å². The third-order valence-electron chi connectivity index (χ3n) is 4.05. The molecule has 2 aromatic rings. The topological polar surface area (TPSA) is 81.7 Å². The van der Waals surface area contributed by atoms with Gasteiger partial charge in [-0.25, -0.2) is 12.8 Å². The summed E-state index contributed by atoms with van der Waals surface area (Å²) in [6.45, 7) is 1.77. The molecule has 0 radical (unpaired) electrons. The summed E-state index contributed by atoms with van der Waals surface area (Å²) in [4.78, 5) is 12.2. The molecule has 1 amide bonds. The van der Waals surface area contributed by atoms with E-state index in [1.54, 1.807) is 25.1 Å².